The third-order valence-electron chi connectivity index (χ3n) is 4.53. The first kappa shape index (κ1) is 20.3. The molecule has 29 heavy (non-hydrogen) atoms. The van der Waals surface area contributed by atoms with Gasteiger partial charge in [0.15, 0.2) is 5.69 Å². The summed E-state index contributed by atoms with van der Waals surface area (Å²) in [6.07, 6.45) is 0.935. The molecule has 0 saturated heterocycles. The van der Waals surface area contributed by atoms with E-state index >= 15 is 0 Å². The quantitative estimate of drug-likeness (QED) is 0.653. The van der Waals surface area contributed by atoms with E-state index in [1.165, 1.54) is 4.68 Å². The van der Waals surface area contributed by atoms with Crippen LogP contribution in [0.5, 0.6) is 0 Å². The van der Waals surface area contributed by atoms with E-state index in [2.05, 4.69) is 29.8 Å². The smallest absolute Gasteiger partial charge is 0.267 e. The van der Waals surface area contributed by atoms with Crippen LogP contribution in [0.2, 0.25) is 0 Å². The Kier molecular flexibility index (Phi) is 6.07. The predicted molar refractivity (Wildman–Crippen MR) is 112 cm³/mol. The maximum atomic E-state index is 12.6. The largest absolute Gasteiger partial charge is 0.290 e. The molecule has 2 amide bonds. The van der Waals surface area contributed by atoms with Gasteiger partial charge in [-0.05, 0) is 43.0 Å². The van der Waals surface area contributed by atoms with Gasteiger partial charge in [0.25, 0.3) is 17.4 Å². The Morgan fingerprint density at radius 1 is 0.966 bits per heavy atom. The van der Waals surface area contributed by atoms with Crippen molar-refractivity contribution in [2.75, 3.05) is 0 Å². The van der Waals surface area contributed by atoms with Crippen LogP contribution in [-0.2, 0) is 13.0 Å². The van der Waals surface area contributed by atoms with Gasteiger partial charge >= 0.3 is 0 Å². The highest BCUT2D eigenvalue weighted by Gasteiger charge is 2.17. The molecular weight excluding hydrogens is 368 g/mol. The van der Waals surface area contributed by atoms with Gasteiger partial charge in [-0.15, -0.1) is 0 Å². The summed E-state index contributed by atoms with van der Waals surface area (Å²) in [5.74, 6) is -0.488. The van der Waals surface area contributed by atoms with E-state index in [9.17, 15) is 14.4 Å². The number of fused-ring (bicyclic) bond motifs is 1. The number of rotatable bonds is 5. The number of hydrogen-bond acceptors (Lipinski definition) is 4. The Bertz CT molecular complexity index is 1100. The highest BCUT2D eigenvalue weighted by atomic mass is 16.2. The van der Waals surface area contributed by atoms with Crippen LogP contribution in [0.1, 0.15) is 47.2 Å². The van der Waals surface area contributed by atoms with Crippen LogP contribution in [0, 0.1) is 5.92 Å². The molecule has 2 N–H and O–H groups in total. The molecule has 3 aromatic rings. The second-order valence-electron chi connectivity index (χ2n) is 7.22. The lowest BCUT2D eigenvalue weighted by molar-refractivity contribution is 0.0843. The minimum absolute atomic E-state index is 0.0784. The number of carbonyl (C=O) groups is 2. The second kappa shape index (κ2) is 8.68. The first-order chi connectivity index (χ1) is 13.9. The summed E-state index contributed by atoms with van der Waals surface area (Å²) in [5, 5.41) is 4.99. The molecule has 0 radical (unpaired) electrons. The number of nitrogens with zero attached hydrogens (tertiary/aromatic N) is 2. The van der Waals surface area contributed by atoms with Crippen LogP contribution in [0.25, 0.3) is 10.8 Å². The average molecular weight is 392 g/mol. The summed E-state index contributed by atoms with van der Waals surface area (Å²) < 4.78 is 1.23. The molecule has 0 aliphatic heterocycles. The number of amides is 2. The van der Waals surface area contributed by atoms with Crippen molar-refractivity contribution < 1.29 is 9.59 Å². The fraction of sp³-hybridized carbons (Fsp3) is 0.273. The van der Waals surface area contributed by atoms with Crippen molar-refractivity contribution >= 4 is 22.6 Å². The van der Waals surface area contributed by atoms with E-state index in [1.807, 2.05) is 12.1 Å². The zero-order chi connectivity index (χ0) is 21.0. The molecular formula is C22H24N4O3. The van der Waals surface area contributed by atoms with E-state index in [0.29, 0.717) is 28.8 Å². The number of hydrogen-bond donors (Lipinski definition) is 2. The molecule has 0 bridgehead atoms. The highest BCUT2D eigenvalue weighted by Crippen LogP contribution is 2.13. The first-order valence-corrected chi connectivity index (χ1v) is 9.60. The zero-order valence-corrected chi connectivity index (χ0v) is 16.7. The summed E-state index contributed by atoms with van der Waals surface area (Å²) in [7, 11) is 0. The Labute approximate surface area is 168 Å². The minimum atomic E-state index is -0.590. The molecule has 0 aliphatic rings. The van der Waals surface area contributed by atoms with Crippen LogP contribution in [0.3, 0.4) is 0 Å². The third kappa shape index (κ3) is 4.51. The predicted octanol–water partition coefficient (Wildman–Crippen LogP) is 2.69. The zero-order valence-electron chi connectivity index (χ0n) is 16.7. The standard InChI is InChI=1S/C22H24N4O3/c1-4-26-22(29)18-8-6-5-7-17(18)19(25-26)21(28)24-23-20(27)16-11-9-15(10-12-16)13-14(2)3/h5-12,14H,4,13H2,1-3H3,(H,23,27)(H,24,28). The Balaban J connectivity index is 1.76. The van der Waals surface area contributed by atoms with Gasteiger partial charge in [-0.3, -0.25) is 25.2 Å². The number of carbonyl (C=O) groups excluding carboxylic acids is 2. The third-order valence-corrected chi connectivity index (χ3v) is 4.53. The van der Waals surface area contributed by atoms with Gasteiger partial charge in [-0.2, -0.15) is 5.10 Å². The molecule has 0 spiro atoms. The molecule has 7 heteroatoms. The van der Waals surface area contributed by atoms with Gasteiger partial charge in [-0.1, -0.05) is 44.2 Å². The summed E-state index contributed by atoms with van der Waals surface area (Å²) >= 11 is 0. The molecule has 0 aliphatic carbocycles. The fourth-order valence-corrected chi connectivity index (χ4v) is 3.13. The fourth-order valence-electron chi connectivity index (χ4n) is 3.13. The SMILES string of the molecule is CCn1nc(C(=O)NNC(=O)c2ccc(CC(C)C)cc2)c2ccccc2c1=O. The van der Waals surface area contributed by atoms with Gasteiger partial charge in [0.1, 0.15) is 0 Å². The molecule has 7 nitrogen and oxygen atoms in total. The van der Waals surface area contributed by atoms with Crippen molar-refractivity contribution in [2.24, 2.45) is 5.92 Å². The van der Waals surface area contributed by atoms with E-state index in [0.717, 1.165) is 12.0 Å². The number of benzene rings is 2. The lowest BCUT2D eigenvalue weighted by Crippen LogP contribution is -2.42. The maximum Gasteiger partial charge on any atom is 0.290 e. The van der Waals surface area contributed by atoms with Crippen LogP contribution in [0.15, 0.2) is 53.3 Å². The van der Waals surface area contributed by atoms with Crippen molar-refractivity contribution in [1.82, 2.24) is 20.6 Å². The Morgan fingerprint density at radius 3 is 2.21 bits per heavy atom. The van der Waals surface area contributed by atoms with Crippen LogP contribution >= 0.6 is 0 Å². The van der Waals surface area contributed by atoms with E-state index in [4.69, 9.17) is 0 Å². The summed E-state index contributed by atoms with van der Waals surface area (Å²) in [6, 6.07) is 14.0. The molecule has 0 unspecified atom stereocenters. The van der Waals surface area contributed by atoms with Crippen molar-refractivity contribution in [3.63, 3.8) is 0 Å². The maximum absolute atomic E-state index is 12.6. The second-order valence-corrected chi connectivity index (χ2v) is 7.22. The number of nitrogens with one attached hydrogen (secondary N) is 2. The van der Waals surface area contributed by atoms with E-state index in [-0.39, 0.29) is 11.3 Å². The molecule has 3 rings (SSSR count). The number of aryl methyl sites for hydroxylation is 1. The molecule has 1 aromatic heterocycles. The monoisotopic (exact) mass is 392 g/mol. The lowest BCUT2D eigenvalue weighted by atomic mass is 10.0. The molecule has 1 heterocycles. The number of aromatic nitrogens is 2. The lowest BCUT2D eigenvalue weighted by Gasteiger charge is -2.11. The van der Waals surface area contributed by atoms with Crippen molar-refractivity contribution in [1.29, 1.82) is 0 Å². The molecule has 0 fully saturated rings. The van der Waals surface area contributed by atoms with Gasteiger partial charge < -0.3 is 0 Å². The number of hydrazine groups is 1. The summed E-state index contributed by atoms with van der Waals surface area (Å²) in [5.41, 5.74) is 6.21. The van der Waals surface area contributed by atoms with Crippen molar-refractivity contribution in [3.05, 3.63) is 75.7 Å². The van der Waals surface area contributed by atoms with Gasteiger partial charge in [0, 0.05) is 17.5 Å². The topological polar surface area (TPSA) is 93.1 Å². The normalized spacial score (nSPS) is 10.9. The first-order valence-electron chi connectivity index (χ1n) is 9.60. The van der Waals surface area contributed by atoms with Crippen LogP contribution in [0.4, 0.5) is 0 Å². The van der Waals surface area contributed by atoms with Crippen molar-refractivity contribution in [2.45, 2.75) is 33.7 Å². The Hall–Kier alpha value is -3.48. The van der Waals surface area contributed by atoms with Gasteiger partial charge in [0.05, 0.1) is 5.39 Å². The average Bonchev–Trinajstić information content (AvgIpc) is 2.72. The molecule has 0 atom stereocenters. The van der Waals surface area contributed by atoms with E-state index in [1.54, 1.807) is 43.3 Å². The van der Waals surface area contributed by atoms with Gasteiger partial charge in [0.2, 0.25) is 0 Å². The summed E-state index contributed by atoms with van der Waals surface area (Å²) in [4.78, 5) is 37.4. The molecule has 2 aromatic carbocycles. The minimum Gasteiger partial charge on any atom is -0.267 e. The highest BCUT2D eigenvalue weighted by molar-refractivity contribution is 6.06. The van der Waals surface area contributed by atoms with Crippen LogP contribution < -0.4 is 16.4 Å². The molecule has 150 valence electrons. The Morgan fingerprint density at radius 2 is 1.59 bits per heavy atom. The molecule has 0 saturated carbocycles. The van der Waals surface area contributed by atoms with E-state index < -0.39 is 11.8 Å². The van der Waals surface area contributed by atoms with Crippen molar-refractivity contribution in [3.8, 4) is 0 Å². The van der Waals surface area contributed by atoms with Crippen LogP contribution in [-0.4, -0.2) is 21.6 Å². The van der Waals surface area contributed by atoms with Gasteiger partial charge in [-0.25, -0.2) is 4.68 Å². The summed E-state index contributed by atoms with van der Waals surface area (Å²) in [6.45, 7) is 6.37.